The number of hydrogen-bond acceptors (Lipinski definition) is 6. The van der Waals surface area contributed by atoms with Gasteiger partial charge < -0.3 is 15.5 Å². The van der Waals surface area contributed by atoms with Gasteiger partial charge in [0.15, 0.2) is 0 Å². The molecule has 1 aliphatic rings. The second-order valence-corrected chi connectivity index (χ2v) is 6.54. The number of nitrogens with one attached hydrogen (secondary N) is 2. The van der Waals surface area contributed by atoms with Crippen LogP contribution < -0.4 is 15.5 Å². The summed E-state index contributed by atoms with van der Waals surface area (Å²) in [4.78, 5) is 14.9. The number of hydrogen-bond donors (Lipinski definition) is 2. The maximum Gasteiger partial charge on any atom is 0.130 e. The number of benzene rings is 1. The van der Waals surface area contributed by atoms with Crippen molar-refractivity contribution in [2.24, 2.45) is 0 Å². The smallest absolute Gasteiger partial charge is 0.130 e. The summed E-state index contributed by atoms with van der Waals surface area (Å²) in [5, 5.41) is 6.78. The molecule has 2 aromatic heterocycles. The number of piperazine rings is 1. The van der Waals surface area contributed by atoms with E-state index in [2.05, 4.69) is 37.4 Å². The Morgan fingerprint density at radius 3 is 2.85 bits per heavy atom. The highest BCUT2D eigenvalue weighted by atomic mass is 19.1. The number of halogens is 1. The van der Waals surface area contributed by atoms with Gasteiger partial charge in [-0.1, -0.05) is 0 Å². The Labute approximate surface area is 151 Å². The lowest BCUT2D eigenvalue weighted by atomic mass is 10.1. The molecular formula is C19H21FN6. The molecule has 0 aliphatic carbocycles. The van der Waals surface area contributed by atoms with Gasteiger partial charge in [0, 0.05) is 62.4 Å². The molecule has 4 rings (SSSR count). The summed E-state index contributed by atoms with van der Waals surface area (Å²) in [7, 11) is 0. The van der Waals surface area contributed by atoms with Crippen molar-refractivity contribution in [2.75, 3.05) is 29.9 Å². The third-order valence-electron chi connectivity index (χ3n) is 4.61. The molecule has 26 heavy (non-hydrogen) atoms. The largest absolute Gasteiger partial charge is 0.378 e. The maximum absolute atomic E-state index is 14.4. The van der Waals surface area contributed by atoms with Gasteiger partial charge in [-0.3, -0.25) is 15.0 Å². The molecule has 0 bridgehead atoms. The van der Waals surface area contributed by atoms with E-state index in [1.54, 1.807) is 30.9 Å². The van der Waals surface area contributed by atoms with E-state index in [1.165, 1.54) is 6.07 Å². The van der Waals surface area contributed by atoms with E-state index in [1.807, 2.05) is 6.07 Å². The number of rotatable bonds is 4. The normalized spacial score (nSPS) is 17.5. The molecule has 0 amide bonds. The number of pyridine rings is 1. The molecule has 1 atom stereocenters. The first-order valence-electron chi connectivity index (χ1n) is 8.76. The molecule has 2 N–H and O–H groups in total. The quantitative estimate of drug-likeness (QED) is 0.752. The number of anilines is 2. The summed E-state index contributed by atoms with van der Waals surface area (Å²) >= 11 is 0. The fourth-order valence-electron chi connectivity index (χ4n) is 3.30. The van der Waals surface area contributed by atoms with E-state index >= 15 is 0 Å². The van der Waals surface area contributed by atoms with Crippen LogP contribution in [-0.2, 0) is 6.54 Å². The fourth-order valence-corrected chi connectivity index (χ4v) is 3.30. The molecule has 3 aromatic rings. The first-order valence-corrected chi connectivity index (χ1v) is 8.76. The second-order valence-electron chi connectivity index (χ2n) is 6.54. The lowest BCUT2D eigenvalue weighted by Gasteiger charge is -2.34. The van der Waals surface area contributed by atoms with Crippen molar-refractivity contribution in [3.8, 4) is 0 Å². The van der Waals surface area contributed by atoms with Crippen molar-refractivity contribution < 1.29 is 4.39 Å². The van der Waals surface area contributed by atoms with Crippen molar-refractivity contribution in [3.63, 3.8) is 0 Å². The lowest BCUT2D eigenvalue weighted by molar-refractivity contribution is 0.485. The molecule has 7 heteroatoms. The second kappa shape index (κ2) is 7.21. The molecule has 1 saturated heterocycles. The zero-order valence-electron chi connectivity index (χ0n) is 14.6. The van der Waals surface area contributed by atoms with E-state index in [9.17, 15) is 4.39 Å². The van der Waals surface area contributed by atoms with Crippen LogP contribution in [0, 0.1) is 5.82 Å². The molecule has 1 unspecified atom stereocenters. The molecule has 3 heterocycles. The minimum atomic E-state index is -0.285. The summed E-state index contributed by atoms with van der Waals surface area (Å²) in [6, 6.07) is 5.61. The Hall–Kier alpha value is -2.80. The monoisotopic (exact) mass is 352 g/mol. The van der Waals surface area contributed by atoms with Crippen molar-refractivity contribution in [2.45, 2.75) is 19.5 Å². The Balaban J connectivity index is 1.56. The van der Waals surface area contributed by atoms with Gasteiger partial charge in [-0.25, -0.2) is 4.39 Å². The third-order valence-corrected chi connectivity index (χ3v) is 4.61. The van der Waals surface area contributed by atoms with Gasteiger partial charge in [0.05, 0.1) is 28.6 Å². The summed E-state index contributed by atoms with van der Waals surface area (Å²) in [5.74, 6) is -0.285. The van der Waals surface area contributed by atoms with Crippen LogP contribution in [0.4, 0.5) is 15.8 Å². The first kappa shape index (κ1) is 16.7. The van der Waals surface area contributed by atoms with Crippen LogP contribution in [0.5, 0.6) is 0 Å². The molecule has 6 nitrogen and oxygen atoms in total. The van der Waals surface area contributed by atoms with E-state index in [0.717, 1.165) is 31.0 Å². The molecule has 1 fully saturated rings. The fraction of sp³-hybridized carbons (Fsp3) is 0.316. The van der Waals surface area contributed by atoms with E-state index in [4.69, 9.17) is 0 Å². The minimum Gasteiger partial charge on any atom is -0.378 e. The third kappa shape index (κ3) is 3.43. The van der Waals surface area contributed by atoms with Crippen molar-refractivity contribution >= 4 is 22.4 Å². The topological polar surface area (TPSA) is 66.0 Å². The number of fused-ring (bicyclic) bond motifs is 1. The van der Waals surface area contributed by atoms with E-state index in [0.29, 0.717) is 29.2 Å². The molecular weight excluding hydrogens is 331 g/mol. The van der Waals surface area contributed by atoms with Crippen LogP contribution in [0.3, 0.4) is 0 Å². The van der Waals surface area contributed by atoms with Crippen LogP contribution in [0.25, 0.3) is 11.0 Å². The Kier molecular flexibility index (Phi) is 4.62. The number of nitrogens with zero attached hydrogens (tertiary/aromatic N) is 4. The predicted octanol–water partition coefficient (Wildman–Crippen LogP) is 2.57. The van der Waals surface area contributed by atoms with E-state index < -0.39 is 0 Å². The standard InChI is InChI=1S/C19H21FN6/c1-13-12-26(7-6-22-13)19-2-3-21-11-18(19)25-10-14-8-16-17(9-15(14)20)24-5-4-23-16/h2-5,8-9,11,13,22,25H,6-7,10,12H2,1H3. The van der Waals surface area contributed by atoms with Crippen LogP contribution in [0.1, 0.15) is 12.5 Å². The van der Waals surface area contributed by atoms with Crippen LogP contribution >= 0.6 is 0 Å². The van der Waals surface area contributed by atoms with Crippen LogP contribution in [-0.4, -0.2) is 40.6 Å². The zero-order chi connectivity index (χ0) is 17.9. The highest BCUT2D eigenvalue weighted by Gasteiger charge is 2.18. The average Bonchev–Trinajstić information content (AvgIpc) is 2.66. The lowest BCUT2D eigenvalue weighted by Crippen LogP contribution is -2.49. The summed E-state index contributed by atoms with van der Waals surface area (Å²) in [5.41, 5.74) is 3.80. The van der Waals surface area contributed by atoms with Gasteiger partial charge in [0.25, 0.3) is 0 Å². The molecule has 0 saturated carbocycles. The van der Waals surface area contributed by atoms with Crippen LogP contribution in [0.2, 0.25) is 0 Å². The van der Waals surface area contributed by atoms with Crippen molar-refractivity contribution in [1.82, 2.24) is 20.3 Å². The SMILES string of the molecule is CC1CN(c2ccncc2NCc2cc3nccnc3cc2F)CCN1. The molecule has 1 aromatic carbocycles. The van der Waals surface area contributed by atoms with Gasteiger partial charge in [0.2, 0.25) is 0 Å². The average molecular weight is 352 g/mol. The van der Waals surface area contributed by atoms with Crippen molar-refractivity contribution in [3.05, 3.63) is 54.4 Å². The minimum absolute atomic E-state index is 0.285. The van der Waals surface area contributed by atoms with Gasteiger partial charge in [-0.15, -0.1) is 0 Å². The Bertz CT molecular complexity index is 915. The predicted molar refractivity (Wildman–Crippen MR) is 101 cm³/mol. The van der Waals surface area contributed by atoms with Gasteiger partial charge >= 0.3 is 0 Å². The highest BCUT2D eigenvalue weighted by Crippen LogP contribution is 2.26. The van der Waals surface area contributed by atoms with Gasteiger partial charge in [0.1, 0.15) is 5.82 Å². The van der Waals surface area contributed by atoms with Gasteiger partial charge in [-0.05, 0) is 19.1 Å². The highest BCUT2D eigenvalue weighted by molar-refractivity contribution is 5.75. The molecule has 0 spiro atoms. The maximum atomic E-state index is 14.4. The first-order chi connectivity index (χ1) is 12.7. The molecule has 1 aliphatic heterocycles. The molecule has 0 radical (unpaired) electrons. The van der Waals surface area contributed by atoms with Crippen LogP contribution in [0.15, 0.2) is 43.0 Å². The zero-order valence-corrected chi connectivity index (χ0v) is 14.6. The van der Waals surface area contributed by atoms with Crippen molar-refractivity contribution in [1.29, 1.82) is 0 Å². The Morgan fingerprint density at radius 1 is 1.23 bits per heavy atom. The summed E-state index contributed by atoms with van der Waals surface area (Å²) < 4.78 is 14.4. The van der Waals surface area contributed by atoms with E-state index in [-0.39, 0.29) is 5.82 Å². The number of aromatic nitrogens is 3. The summed E-state index contributed by atoms with van der Waals surface area (Å²) in [6.07, 6.45) is 6.76. The summed E-state index contributed by atoms with van der Waals surface area (Å²) in [6.45, 7) is 5.34. The van der Waals surface area contributed by atoms with Gasteiger partial charge in [-0.2, -0.15) is 0 Å². The molecule has 134 valence electrons. The Morgan fingerprint density at radius 2 is 2.04 bits per heavy atom.